The van der Waals surface area contributed by atoms with Gasteiger partial charge in [-0.3, -0.25) is 0 Å². The highest BCUT2D eigenvalue weighted by Crippen LogP contribution is 2.36. The number of ether oxygens (including phenoxy) is 2. The van der Waals surface area contributed by atoms with Gasteiger partial charge in [0, 0.05) is 6.04 Å². The van der Waals surface area contributed by atoms with Crippen LogP contribution in [0.25, 0.3) is 0 Å². The lowest BCUT2D eigenvalue weighted by Gasteiger charge is -2.28. The Kier molecular flexibility index (Phi) is 4.20. The van der Waals surface area contributed by atoms with Crippen LogP contribution in [0.15, 0.2) is 36.4 Å². The Bertz CT molecular complexity index is 669. The van der Waals surface area contributed by atoms with Gasteiger partial charge >= 0.3 is 0 Å². The first-order chi connectivity index (χ1) is 10.7. The lowest BCUT2D eigenvalue weighted by Crippen LogP contribution is -2.31. The summed E-state index contributed by atoms with van der Waals surface area (Å²) in [7, 11) is 3.32. The summed E-state index contributed by atoms with van der Waals surface area (Å²) in [6.45, 7) is 0.936. The highest BCUT2D eigenvalue weighted by Gasteiger charge is 2.22. The van der Waals surface area contributed by atoms with E-state index >= 15 is 0 Å². The predicted molar refractivity (Wildman–Crippen MR) is 85.8 cm³/mol. The number of phenolic OH excluding ortho intramolecular Hbond substituents is 1. The molecule has 0 amide bonds. The van der Waals surface area contributed by atoms with Gasteiger partial charge in [0.05, 0.1) is 14.2 Å². The molecule has 0 spiro atoms. The van der Waals surface area contributed by atoms with Crippen molar-refractivity contribution in [2.75, 3.05) is 20.8 Å². The van der Waals surface area contributed by atoms with Crippen LogP contribution in [0.3, 0.4) is 0 Å². The van der Waals surface area contributed by atoms with Gasteiger partial charge in [0.1, 0.15) is 5.75 Å². The van der Waals surface area contributed by atoms with Crippen LogP contribution >= 0.6 is 0 Å². The third kappa shape index (κ3) is 2.88. The number of nitrogens with one attached hydrogen (secondary N) is 1. The summed E-state index contributed by atoms with van der Waals surface area (Å²) in [6, 6.07) is 11.8. The zero-order valence-corrected chi connectivity index (χ0v) is 12.9. The van der Waals surface area contributed by atoms with E-state index < -0.39 is 0 Å². The molecule has 1 heterocycles. The lowest BCUT2D eigenvalue weighted by molar-refractivity contribution is 0.352. The van der Waals surface area contributed by atoms with Gasteiger partial charge in [-0.25, -0.2) is 0 Å². The van der Waals surface area contributed by atoms with Crippen molar-refractivity contribution < 1.29 is 14.6 Å². The molecule has 2 aromatic carbocycles. The Balaban J connectivity index is 1.93. The standard InChI is InChI=1S/C18H21NO3/c1-21-17-10-13-6-7-19-16(15(13)11-18(17)22-2)9-12-4-3-5-14(20)8-12/h3-5,8,10-11,16,19-20H,6-7,9H2,1-2H3. The Morgan fingerprint density at radius 1 is 1.14 bits per heavy atom. The summed E-state index contributed by atoms with van der Waals surface area (Å²) in [5, 5.41) is 13.2. The smallest absolute Gasteiger partial charge is 0.161 e. The Morgan fingerprint density at radius 2 is 1.91 bits per heavy atom. The van der Waals surface area contributed by atoms with Crippen molar-refractivity contribution in [2.45, 2.75) is 18.9 Å². The normalized spacial score (nSPS) is 16.9. The topological polar surface area (TPSA) is 50.7 Å². The zero-order valence-electron chi connectivity index (χ0n) is 12.9. The summed E-state index contributed by atoms with van der Waals surface area (Å²) in [4.78, 5) is 0. The number of aromatic hydroxyl groups is 1. The molecule has 2 aromatic rings. The van der Waals surface area contributed by atoms with E-state index in [0.29, 0.717) is 5.75 Å². The molecule has 1 aliphatic rings. The molecule has 2 N–H and O–H groups in total. The van der Waals surface area contributed by atoms with Crippen molar-refractivity contribution in [3.05, 3.63) is 53.1 Å². The van der Waals surface area contributed by atoms with Gasteiger partial charge in [0.15, 0.2) is 11.5 Å². The lowest BCUT2D eigenvalue weighted by atomic mass is 9.90. The van der Waals surface area contributed by atoms with Crippen LogP contribution in [0.5, 0.6) is 17.2 Å². The molecule has 4 nitrogen and oxygen atoms in total. The number of hydrogen-bond donors (Lipinski definition) is 2. The molecular formula is C18H21NO3. The number of fused-ring (bicyclic) bond motifs is 1. The highest BCUT2D eigenvalue weighted by molar-refractivity contribution is 5.49. The molecule has 0 aliphatic carbocycles. The van der Waals surface area contributed by atoms with Crippen molar-refractivity contribution in [1.29, 1.82) is 0 Å². The summed E-state index contributed by atoms with van der Waals surface area (Å²) in [5.74, 6) is 1.84. The van der Waals surface area contributed by atoms with Gasteiger partial charge in [0.2, 0.25) is 0 Å². The third-order valence-corrected chi connectivity index (χ3v) is 4.16. The van der Waals surface area contributed by atoms with E-state index in [1.807, 2.05) is 18.2 Å². The fraction of sp³-hybridized carbons (Fsp3) is 0.333. The molecular weight excluding hydrogens is 278 g/mol. The van der Waals surface area contributed by atoms with E-state index in [2.05, 4.69) is 17.4 Å². The van der Waals surface area contributed by atoms with Gasteiger partial charge < -0.3 is 19.9 Å². The quantitative estimate of drug-likeness (QED) is 0.911. The van der Waals surface area contributed by atoms with Crippen LogP contribution in [0.4, 0.5) is 0 Å². The first kappa shape index (κ1) is 14.7. The van der Waals surface area contributed by atoms with Crippen molar-refractivity contribution in [2.24, 2.45) is 0 Å². The van der Waals surface area contributed by atoms with Crippen LogP contribution in [0, 0.1) is 0 Å². The molecule has 1 unspecified atom stereocenters. The van der Waals surface area contributed by atoms with Crippen molar-refractivity contribution in [3.8, 4) is 17.2 Å². The van der Waals surface area contributed by atoms with E-state index in [9.17, 15) is 5.11 Å². The SMILES string of the molecule is COc1cc2c(cc1OC)C(Cc1cccc(O)c1)NCC2. The molecule has 3 rings (SSSR count). The van der Waals surface area contributed by atoms with Crippen LogP contribution in [0.2, 0.25) is 0 Å². The van der Waals surface area contributed by atoms with E-state index in [1.54, 1.807) is 20.3 Å². The Labute approximate surface area is 130 Å². The molecule has 1 atom stereocenters. The summed E-state index contributed by atoms with van der Waals surface area (Å²) >= 11 is 0. The second kappa shape index (κ2) is 6.28. The minimum Gasteiger partial charge on any atom is -0.508 e. The Morgan fingerprint density at radius 3 is 2.64 bits per heavy atom. The average Bonchev–Trinajstić information content (AvgIpc) is 2.54. The minimum atomic E-state index is 0.213. The summed E-state index contributed by atoms with van der Waals surface area (Å²) in [6.07, 6.45) is 1.81. The molecule has 4 heteroatoms. The maximum atomic E-state index is 9.63. The van der Waals surface area contributed by atoms with Gasteiger partial charge in [-0.15, -0.1) is 0 Å². The maximum absolute atomic E-state index is 9.63. The molecule has 0 radical (unpaired) electrons. The number of hydrogen-bond acceptors (Lipinski definition) is 4. The number of rotatable bonds is 4. The van der Waals surface area contributed by atoms with Crippen molar-refractivity contribution >= 4 is 0 Å². The maximum Gasteiger partial charge on any atom is 0.161 e. The molecule has 22 heavy (non-hydrogen) atoms. The number of phenols is 1. The zero-order chi connectivity index (χ0) is 15.5. The van der Waals surface area contributed by atoms with Gasteiger partial charge in [-0.1, -0.05) is 12.1 Å². The molecule has 0 saturated heterocycles. The second-order valence-electron chi connectivity index (χ2n) is 5.54. The molecule has 0 fully saturated rings. The molecule has 1 aliphatic heterocycles. The summed E-state index contributed by atoms with van der Waals surface area (Å²) in [5.41, 5.74) is 3.65. The molecule has 0 saturated carbocycles. The number of methoxy groups -OCH3 is 2. The Hall–Kier alpha value is -2.20. The van der Waals surface area contributed by atoms with E-state index in [4.69, 9.17) is 9.47 Å². The van der Waals surface area contributed by atoms with E-state index in [-0.39, 0.29) is 6.04 Å². The van der Waals surface area contributed by atoms with Gasteiger partial charge in [-0.2, -0.15) is 0 Å². The molecule has 116 valence electrons. The second-order valence-corrected chi connectivity index (χ2v) is 5.54. The first-order valence-corrected chi connectivity index (χ1v) is 7.47. The van der Waals surface area contributed by atoms with Gasteiger partial charge in [0.25, 0.3) is 0 Å². The van der Waals surface area contributed by atoms with Crippen LogP contribution < -0.4 is 14.8 Å². The molecule has 0 aromatic heterocycles. The predicted octanol–water partition coefficient (Wildman–Crippen LogP) is 2.84. The van der Waals surface area contributed by atoms with Crippen LogP contribution in [0.1, 0.15) is 22.7 Å². The van der Waals surface area contributed by atoms with E-state index in [0.717, 1.165) is 36.4 Å². The monoisotopic (exact) mass is 299 g/mol. The van der Waals surface area contributed by atoms with E-state index in [1.165, 1.54) is 11.1 Å². The van der Waals surface area contributed by atoms with Crippen molar-refractivity contribution in [1.82, 2.24) is 5.32 Å². The van der Waals surface area contributed by atoms with Crippen LogP contribution in [-0.4, -0.2) is 25.9 Å². The number of benzene rings is 2. The van der Waals surface area contributed by atoms with Crippen molar-refractivity contribution in [3.63, 3.8) is 0 Å². The van der Waals surface area contributed by atoms with Gasteiger partial charge in [-0.05, 0) is 60.3 Å². The van der Waals surface area contributed by atoms with Crippen LogP contribution in [-0.2, 0) is 12.8 Å². The fourth-order valence-corrected chi connectivity index (χ4v) is 3.07. The minimum absolute atomic E-state index is 0.213. The highest BCUT2D eigenvalue weighted by atomic mass is 16.5. The average molecular weight is 299 g/mol. The largest absolute Gasteiger partial charge is 0.508 e. The fourth-order valence-electron chi connectivity index (χ4n) is 3.07. The third-order valence-electron chi connectivity index (χ3n) is 4.16. The molecule has 0 bridgehead atoms. The summed E-state index contributed by atoms with van der Waals surface area (Å²) < 4.78 is 10.8. The first-order valence-electron chi connectivity index (χ1n) is 7.47.